The number of carbonyl (C=O) groups excluding carboxylic acids is 1. The van der Waals surface area contributed by atoms with E-state index < -0.39 is 0 Å². The van der Waals surface area contributed by atoms with Gasteiger partial charge in [-0.15, -0.1) is 0 Å². The molecule has 2 aromatic heterocycles. The lowest BCUT2D eigenvalue weighted by Crippen LogP contribution is -2.28. The Morgan fingerprint density at radius 3 is 2.63 bits per heavy atom. The van der Waals surface area contributed by atoms with Crippen molar-refractivity contribution in [2.75, 3.05) is 57.5 Å². The number of amides is 1. The van der Waals surface area contributed by atoms with Gasteiger partial charge in [0.2, 0.25) is 0 Å². The van der Waals surface area contributed by atoms with Crippen molar-refractivity contribution in [2.24, 2.45) is 4.99 Å². The third kappa shape index (κ3) is 6.66. The van der Waals surface area contributed by atoms with Crippen LogP contribution in [0.1, 0.15) is 42.2 Å². The molecule has 1 aliphatic heterocycles. The smallest absolute Gasteiger partial charge is 0.276 e. The van der Waals surface area contributed by atoms with Crippen LogP contribution in [0.25, 0.3) is 16.5 Å². The van der Waals surface area contributed by atoms with E-state index in [1.165, 1.54) is 19.3 Å². The maximum absolute atomic E-state index is 13.1. The molecule has 3 aromatic rings. The number of benzene rings is 1. The van der Waals surface area contributed by atoms with E-state index in [1.54, 1.807) is 6.20 Å². The maximum atomic E-state index is 13.1. The molecule has 9 nitrogen and oxygen atoms in total. The van der Waals surface area contributed by atoms with Gasteiger partial charge in [-0.05, 0) is 88.5 Å². The Morgan fingerprint density at radius 2 is 1.95 bits per heavy atom. The van der Waals surface area contributed by atoms with E-state index in [9.17, 15) is 4.79 Å². The first kappa shape index (κ1) is 27.1. The van der Waals surface area contributed by atoms with Crippen LogP contribution in [-0.2, 0) is 0 Å². The number of aromatic amines is 1. The number of nitrogens with one attached hydrogen (secondary N) is 2. The van der Waals surface area contributed by atoms with Gasteiger partial charge in [-0.3, -0.25) is 14.9 Å². The second-order valence-corrected chi connectivity index (χ2v) is 10.0. The monoisotopic (exact) mass is 514 g/mol. The fourth-order valence-electron chi connectivity index (χ4n) is 4.53. The number of hydrogen-bond acceptors (Lipinski definition) is 7. The lowest BCUT2D eigenvalue weighted by Gasteiger charge is -2.29. The van der Waals surface area contributed by atoms with Crippen molar-refractivity contribution in [3.63, 3.8) is 0 Å². The molecule has 9 heteroatoms. The zero-order chi connectivity index (χ0) is 27.1. The molecule has 0 radical (unpaired) electrons. The molecule has 38 heavy (non-hydrogen) atoms. The Morgan fingerprint density at radius 1 is 1.16 bits per heavy atom. The minimum atomic E-state index is -0.282. The zero-order valence-corrected chi connectivity index (χ0v) is 22.9. The Hall–Kier alpha value is -3.98. The molecule has 1 aromatic carbocycles. The van der Waals surface area contributed by atoms with Gasteiger partial charge in [0.15, 0.2) is 5.69 Å². The van der Waals surface area contributed by atoms with Gasteiger partial charge in [0, 0.05) is 44.8 Å². The van der Waals surface area contributed by atoms with Crippen LogP contribution in [0, 0.1) is 0 Å². The third-order valence-corrected chi connectivity index (χ3v) is 6.82. The molecule has 4 rings (SSSR count). The number of likely N-dealkylation sites (tertiary alicyclic amines) is 1. The predicted octanol–water partition coefficient (Wildman–Crippen LogP) is 4.64. The largest absolute Gasteiger partial charge is 0.370 e. The Kier molecular flexibility index (Phi) is 8.91. The first-order valence-electron chi connectivity index (χ1n) is 13.1. The predicted molar refractivity (Wildman–Crippen MR) is 157 cm³/mol. The van der Waals surface area contributed by atoms with Crippen LogP contribution in [0.15, 0.2) is 59.5 Å². The highest BCUT2D eigenvalue weighted by Crippen LogP contribution is 2.26. The van der Waals surface area contributed by atoms with Crippen molar-refractivity contribution >= 4 is 40.6 Å². The van der Waals surface area contributed by atoms with Crippen LogP contribution >= 0.6 is 0 Å². The molecule has 0 bridgehead atoms. The lowest BCUT2D eigenvalue weighted by atomic mass is 10.0. The third-order valence-electron chi connectivity index (χ3n) is 6.82. The van der Waals surface area contributed by atoms with Crippen molar-refractivity contribution in [1.29, 1.82) is 0 Å². The van der Waals surface area contributed by atoms with Crippen LogP contribution in [0.3, 0.4) is 0 Å². The van der Waals surface area contributed by atoms with Crippen molar-refractivity contribution in [3.8, 4) is 0 Å². The highest BCUT2D eigenvalue weighted by molar-refractivity contribution is 6.11. The molecule has 1 amide bonds. The number of pyridine rings is 1. The van der Waals surface area contributed by atoms with Crippen LogP contribution in [0.4, 0.5) is 11.5 Å². The molecule has 1 aliphatic rings. The minimum absolute atomic E-state index is 0.282. The Bertz CT molecular complexity index is 1320. The first-order chi connectivity index (χ1) is 18.4. The summed E-state index contributed by atoms with van der Waals surface area (Å²) in [5.41, 5.74) is 4.94. The number of aliphatic imine (C=N–C) groups is 1. The fraction of sp³-hybridized carbons (Fsp3) is 0.379. The number of hydrogen-bond donors (Lipinski definition) is 2. The maximum Gasteiger partial charge on any atom is 0.276 e. The SMILES string of the molecule is C=N/C=C(\C=C(/C)c1ccc2[nH]nc(C(=O)Nc3ccc(N(C)CCN(C)C)nc3)c2c1)N1CCCCC1. The van der Waals surface area contributed by atoms with Gasteiger partial charge in [0.05, 0.1) is 23.1 Å². The number of aromatic nitrogens is 3. The van der Waals surface area contributed by atoms with E-state index in [0.29, 0.717) is 11.4 Å². The van der Waals surface area contributed by atoms with E-state index in [2.05, 4.69) is 59.9 Å². The molecular formula is C29H38N8O. The molecule has 0 saturated carbocycles. The number of anilines is 2. The summed E-state index contributed by atoms with van der Waals surface area (Å²) >= 11 is 0. The summed E-state index contributed by atoms with van der Waals surface area (Å²) in [6, 6.07) is 9.78. The van der Waals surface area contributed by atoms with Gasteiger partial charge in [0.25, 0.3) is 5.91 Å². The van der Waals surface area contributed by atoms with Crippen molar-refractivity contribution in [1.82, 2.24) is 25.0 Å². The van der Waals surface area contributed by atoms with Crippen molar-refractivity contribution in [2.45, 2.75) is 26.2 Å². The number of allylic oxidation sites excluding steroid dienone is 2. The van der Waals surface area contributed by atoms with Crippen LogP contribution < -0.4 is 10.2 Å². The average molecular weight is 515 g/mol. The first-order valence-corrected chi connectivity index (χ1v) is 13.1. The molecule has 1 fully saturated rings. The van der Waals surface area contributed by atoms with Gasteiger partial charge in [-0.2, -0.15) is 5.10 Å². The molecule has 0 aliphatic carbocycles. The Labute approximate surface area is 224 Å². The summed E-state index contributed by atoms with van der Waals surface area (Å²) in [5.74, 6) is 0.571. The van der Waals surface area contributed by atoms with Gasteiger partial charge in [0.1, 0.15) is 5.82 Å². The second kappa shape index (κ2) is 12.5. The van der Waals surface area contributed by atoms with E-state index >= 15 is 0 Å². The van der Waals surface area contributed by atoms with Gasteiger partial charge in [-0.1, -0.05) is 6.07 Å². The zero-order valence-electron chi connectivity index (χ0n) is 22.9. The normalized spacial score (nSPS) is 14.7. The number of H-pyrrole nitrogens is 1. The average Bonchev–Trinajstić information content (AvgIpc) is 3.36. The fourth-order valence-corrected chi connectivity index (χ4v) is 4.53. The molecule has 2 N–H and O–H groups in total. The number of nitrogens with zero attached hydrogens (tertiary/aromatic N) is 6. The van der Waals surface area contributed by atoms with Gasteiger partial charge >= 0.3 is 0 Å². The van der Waals surface area contributed by atoms with E-state index in [-0.39, 0.29) is 5.91 Å². The summed E-state index contributed by atoms with van der Waals surface area (Å²) in [4.78, 5) is 28.3. The van der Waals surface area contributed by atoms with Crippen molar-refractivity contribution < 1.29 is 4.79 Å². The highest BCUT2D eigenvalue weighted by atomic mass is 16.1. The van der Waals surface area contributed by atoms with E-state index in [4.69, 9.17) is 0 Å². The number of piperidine rings is 1. The minimum Gasteiger partial charge on any atom is -0.370 e. The van der Waals surface area contributed by atoms with E-state index in [1.807, 2.05) is 57.7 Å². The highest BCUT2D eigenvalue weighted by Gasteiger charge is 2.17. The summed E-state index contributed by atoms with van der Waals surface area (Å²) in [5, 5.41) is 11.0. The molecular weight excluding hydrogens is 476 g/mol. The molecule has 1 saturated heterocycles. The number of likely N-dealkylation sites (N-methyl/N-ethyl adjacent to an activating group) is 2. The second-order valence-electron chi connectivity index (χ2n) is 10.0. The Balaban J connectivity index is 1.51. The summed E-state index contributed by atoms with van der Waals surface area (Å²) < 4.78 is 0. The van der Waals surface area contributed by atoms with Crippen LogP contribution in [0.5, 0.6) is 0 Å². The topological polar surface area (TPSA) is 92.7 Å². The summed E-state index contributed by atoms with van der Waals surface area (Å²) in [7, 11) is 6.10. The van der Waals surface area contributed by atoms with Crippen LogP contribution in [0.2, 0.25) is 0 Å². The number of rotatable bonds is 10. The van der Waals surface area contributed by atoms with Gasteiger partial charge in [-0.25, -0.2) is 4.98 Å². The molecule has 0 unspecified atom stereocenters. The van der Waals surface area contributed by atoms with Gasteiger partial charge < -0.3 is 20.0 Å². The van der Waals surface area contributed by atoms with Crippen molar-refractivity contribution in [3.05, 3.63) is 65.8 Å². The van der Waals surface area contributed by atoms with Crippen LogP contribution in [-0.4, -0.2) is 84.9 Å². The van der Waals surface area contributed by atoms with E-state index in [0.717, 1.165) is 59.7 Å². The summed E-state index contributed by atoms with van der Waals surface area (Å²) in [6.07, 6.45) is 9.28. The molecule has 0 atom stereocenters. The standard InChI is InChI=1S/C29H38N8O/c1-21(17-24(20-30-2)37-13-7-6-8-14-37)22-9-11-26-25(18-22)28(34-33-26)29(38)32-23-10-12-27(31-19-23)36(5)16-15-35(3)4/h9-12,17-20H,2,6-8,13-16H2,1,3-5H3,(H,32,38)(H,33,34)/b21-17+,24-20+. The molecule has 0 spiro atoms. The lowest BCUT2D eigenvalue weighted by molar-refractivity contribution is 0.102. The molecule has 200 valence electrons. The number of carbonyl (C=O) groups is 1. The molecule has 3 heterocycles. The quantitative estimate of drug-likeness (QED) is 0.303. The summed E-state index contributed by atoms with van der Waals surface area (Å²) in [6.45, 7) is 9.57. The number of fused-ring (bicyclic) bond motifs is 1.